The highest BCUT2D eigenvalue weighted by Gasteiger charge is 2.23. The lowest BCUT2D eigenvalue weighted by molar-refractivity contribution is -0.385. The maximum absolute atomic E-state index is 12.8. The van der Waals surface area contributed by atoms with Crippen molar-refractivity contribution in [2.75, 3.05) is 9.44 Å². The Balaban J connectivity index is 1.68. The van der Waals surface area contributed by atoms with Crippen LogP contribution in [0.5, 0.6) is 0 Å². The number of non-ortho nitro benzene ring substituents is 2. The number of anilines is 2. The molecule has 18 nitrogen and oxygen atoms in total. The topological polar surface area (TPSA) is 287 Å². The molecular formula is C26H20N4O14S4. The molecule has 0 aromatic heterocycles. The van der Waals surface area contributed by atoms with E-state index in [1.54, 1.807) is 0 Å². The third-order valence-corrected chi connectivity index (χ3v) is 10.8. The molecule has 0 heterocycles. The number of sulfonamides is 2. The largest absolute Gasteiger partial charge is 0.295 e. The van der Waals surface area contributed by atoms with E-state index in [-0.39, 0.29) is 22.5 Å². The van der Waals surface area contributed by atoms with E-state index in [9.17, 15) is 63.0 Å². The van der Waals surface area contributed by atoms with Crippen molar-refractivity contribution in [1.82, 2.24) is 0 Å². The summed E-state index contributed by atoms with van der Waals surface area (Å²) in [6.45, 7) is 0. The summed E-state index contributed by atoms with van der Waals surface area (Å²) in [7, 11) is -19.1. The van der Waals surface area contributed by atoms with Crippen LogP contribution in [0.25, 0.3) is 12.2 Å². The number of nitrogens with one attached hydrogen (secondary N) is 2. The minimum atomic E-state index is -5.06. The van der Waals surface area contributed by atoms with Gasteiger partial charge in [0.05, 0.1) is 31.0 Å². The van der Waals surface area contributed by atoms with Gasteiger partial charge in [-0.1, -0.05) is 36.4 Å². The van der Waals surface area contributed by atoms with E-state index in [0.717, 1.165) is 97.1 Å². The minimum absolute atomic E-state index is 0.299. The van der Waals surface area contributed by atoms with Crippen molar-refractivity contribution in [3.8, 4) is 0 Å². The molecule has 0 amide bonds. The van der Waals surface area contributed by atoms with Gasteiger partial charge in [-0.2, -0.15) is 16.8 Å². The standard InChI is InChI=1S/C26H20N4O14S4/c31-29(32)21-3-1-5-23(15-21)45(35,36)27-19-11-9-17(25(13-19)47(39,40)41)7-8-18-10-12-20(14-26(18)48(42,43)44)28-46(37,38)24-6-2-4-22(16-24)30(33)34/h1-16,27-28H,(H,39,40,41)(H,42,43,44)/b8-7+. The zero-order valence-corrected chi connectivity index (χ0v) is 26.8. The number of hydrogen-bond donors (Lipinski definition) is 4. The molecule has 0 saturated carbocycles. The van der Waals surface area contributed by atoms with Gasteiger partial charge >= 0.3 is 0 Å². The van der Waals surface area contributed by atoms with Gasteiger partial charge in [0.1, 0.15) is 9.79 Å². The Kier molecular flexibility index (Phi) is 9.71. The first-order valence-corrected chi connectivity index (χ1v) is 18.5. The number of nitro benzene ring substituents is 2. The van der Waals surface area contributed by atoms with Crippen LogP contribution in [0, 0.1) is 20.2 Å². The molecule has 4 rings (SSSR count). The lowest BCUT2D eigenvalue weighted by Crippen LogP contribution is -2.14. The summed E-state index contributed by atoms with van der Waals surface area (Å²) in [6.07, 6.45) is 1.97. The van der Waals surface area contributed by atoms with Gasteiger partial charge < -0.3 is 0 Å². The molecule has 0 spiro atoms. The molecule has 0 atom stereocenters. The van der Waals surface area contributed by atoms with Crippen LogP contribution in [0.2, 0.25) is 0 Å². The van der Waals surface area contributed by atoms with Gasteiger partial charge in [-0.25, -0.2) is 16.8 Å². The molecule has 252 valence electrons. The second kappa shape index (κ2) is 13.1. The first-order chi connectivity index (χ1) is 22.2. The van der Waals surface area contributed by atoms with Gasteiger partial charge in [-0.15, -0.1) is 0 Å². The fraction of sp³-hybridized carbons (Fsp3) is 0. The van der Waals surface area contributed by atoms with Gasteiger partial charge in [0.2, 0.25) is 0 Å². The zero-order valence-electron chi connectivity index (χ0n) is 23.6. The van der Waals surface area contributed by atoms with E-state index >= 15 is 0 Å². The van der Waals surface area contributed by atoms with Crippen molar-refractivity contribution < 1.29 is 52.6 Å². The van der Waals surface area contributed by atoms with Crippen LogP contribution in [-0.4, -0.2) is 52.6 Å². The molecule has 0 saturated heterocycles. The van der Waals surface area contributed by atoms with E-state index in [1.165, 1.54) is 0 Å². The normalized spacial score (nSPS) is 12.5. The number of rotatable bonds is 12. The Bertz CT molecular complexity index is 2280. The smallest absolute Gasteiger partial charge is 0.282 e. The van der Waals surface area contributed by atoms with E-state index in [0.29, 0.717) is 0 Å². The Morgan fingerprint density at radius 2 is 0.896 bits per heavy atom. The Labute approximate surface area is 272 Å². The van der Waals surface area contributed by atoms with E-state index in [1.807, 2.05) is 9.44 Å². The average Bonchev–Trinajstić information content (AvgIpc) is 2.99. The highest BCUT2D eigenvalue weighted by Crippen LogP contribution is 2.29. The number of nitrogens with zero attached hydrogens (tertiary/aromatic N) is 2. The number of nitro groups is 2. The summed E-state index contributed by atoms with van der Waals surface area (Å²) in [6, 6.07) is 13.6. The molecule has 22 heteroatoms. The van der Waals surface area contributed by atoms with Gasteiger partial charge in [-0.05, 0) is 47.5 Å². The quantitative estimate of drug-likeness (QED) is 0.0696. The molecule has 4 aromatic rings. The van der Waals surface area contributed by atoms with Crippen molar-refractivity contribution in [2.24, 2.45) is 0 Å². The van der Waals surface area contributed by atoms with Crippen LogP contribution >= 0.6 is 0 Å². The van der Waals surface area contributed by atoms with E-state index < -0.39 is 81.1 Å². The van der Waals surface area contributed by atoms with Gasteiger partial charge in [0, 0.05) is 24.3 Å². The van der Waals surface area contributed by atoms with Crippen molar-refractivity contribution in [3.05, 3.63) is 116 Å². The summed E-state index contributed by atoms with van der Waals surface area (Å²) in [4.78, 5) is 17.6. The molecule has 0 unspecified atom stereocenters. The molecule has 0 aliphatic carbocycles. The van der Waals surface area contributed by atoms with Gasteiger partial charge in [-0.3, -0.25) is 38.8 Å². The minimum Gasteiger partial charge on any atom is -0.282 e. The molecule has 4 aromatic carbocycles. The van der Waals surface area contributed by atoms with Crippen LogP contribution in [0.1, 0.15) is 11.1 Å². The molecule has 4 N–H and O–H groups in total. The second-order valence-electron chi connectivity index (χ2n) is 9.51. The predicted molar refractivity (Wildman–Crippen MR) is 169 cm³/mol. The second-order valence-corrected chi connectivity index (χ2v) is 15.7. The van der Waals surface area contributed by atoms with Crippen LogP contribution in [-0.2, 0) is 40.3 Å². The Hall–Kier alpha value is -5.26. The molecule has 0 bridgehead atoms. The van der Waals surface area contributed by atoms with Crippen LogP contribution < -0.4 is 9.44 Å². The van der Waals surface area contributed by atoms with Gasteiger partial charge in [0.25, 0.3) is 51.7 Å². The first-order valence-electron chi connectivity index (χ1n) is 12.6. The van der Waals surface area contributed by atoms with Crippen molar-refractivity contribution in [3.63, 3.8) is 0 Å². The monoisotopic (exact) mass is 740 g/mol. The Morgan fingerprint density at radius 3 is 1.21 bits per heavy atom. The fourth-order valence-electron chi connectivity index (χ4n) is 4.05. The SMILES string of the molecule is O=[N+]([O-])c1cccc(S(=O)(=O)Nc2ccc(/C=C/c3ccc(NS(=O)(=O)c4cccc([N+](=O)[O-])c4)cc3S(=O)(=O)O)c(S(=O)(=O)O)c2)c1. The molecule has 0 radical (unpaired) electrons. The molecular weight excluding hydrogens is 721 g/mol. The van der Waals surface area contributed by atoms with Crippen molar-refractivity contribution in [1.29, 1.82) is 0 Å². The molecule has 0 aliphatic rings. The molecule has 0 aliphatic heterocycles. The highest BCUT2D eigenvalue weighted by atomic mass is 32.2. The summed E-state index contributed by atoms with van der Waals surface area (Å²) in [5.74, 6) is 0. The maximum Gasteiger partial charge on any atom is 0.295 e. The Morgan fingerprint density at radius 1 is 0.542 bits per heavy atom. The van der Waals surface area contributed by atoms with E-state index in [2.05, 4.69) is 0 Å². The summed E-state index contributed by atoms with van der Waals surface area (Å²) < 4.78 is 124. The first kappa shape index (κ1) is 35.6. The third-order valence-electron chi connectivity index (χ3n) is 6.21. The van der Waals surface area contributed by atoms with Gasteiger partial charge in [0.15, 0.2) is 0 Å². The zero-order chi connectivity index (χ0) is 35.7. The summed E-state index contributed by atoms with van der Waals surface area (Å²) in [5.41, 5.74) is -2.43. The number of benzene rings is 4. The van der Waals surface area contributed by atoms with Crippen LogP contribution in [0.4, 0.5) is 22.7 Å². The van der Waals surface area contributed by atoms with E-state index in [4.69, 9.17) is 0 Å². The summed E-state index contributed by atoms with van der Waals surface area (Å²) >= 11 is 0. The van der Waals surface area contributed by atoms with Crippen molar-refractivity contribution in [2.45, 2.75) is 19.6 Å². The fourth-order valence-corrected chi connectivity index (χ4v) is 7.65. The van der Waals surface area contributed by atoms with Crippen molar-refractivity contribution >= 4 is 75.2 Å². The van der Waals surface area contributed by atoms with Crippen LogP contribution in [0.3, 0.4) is 0 Å². The maximum atomic E-state index is 12.8. The van der Waals surface area contributed by atoms with Crippen LogP contribution in [0.15, 0.2) is 105 Å². The average molecular weight is 741 g/mol. The lowest BCUT2D eigenvalue weighted by atomic mass is 10.1. The highest BCUT2D eigenvalue weighted by molar-refractivity contribution is 7.93. The predicted octanol–water partition coefficient (Wildman–Crippen LogP) is 3.77. The molecule has 48 heavy (non-hydrogen) atoms. The number of hydrogen-bond acceptors (Lipinski definition) is 12. The lowest BCUT2D eigenvalue weighted by Gasteiger charge is -2.12. The third kappa shape index (κ3) is 8.36. The summed E-state index contributed by atoms with van der Waals surface area (Å²) in [5, 5.41) is 22.0. The molecule has 0 fully saturated rings.